The summed E-state index contributed by atoms with van der Waals surface area (Å²) in [7, 11) is 0. The molecule has 5 heteroatoms. The minimum absolute atomic E-state index is 0.122. The third kappa shape index (κ3) is 4.14. The molecule has 4 nitrogen and oxygen atoms in total. The van der Waals surface area contributed by atoms with Gasteiger partial charge in [-0.2, -0.15) is 0 Å². The van der Waals surface area contributed by atoms with Gasteiger partial charge in [0.25, 0.3) is 5.56 Å². The number of quaternary nitrogens is 1. The molecule has 1 aromatic heterocycles. The number of rotatable bonds is 6. The molecule has 136 valence electrons. The van der Waals surface area contributed by atoms with Crippen molar-refractivity contribution in [2.45, 2.75) is 39.8 Å². The summed E-state index contributed by atoms with van der Waals surface area (Å²) < 4.78 is 0. The van der Waals surface area contributed by atoms with Crippen molar-refractivity contribution in [1.29, 1.82) is 0 Å². The average Bonchev–Trinajstić information content (AvgIpc) is 2.61. The van der Waals surface area contributed by atoms with Crippen molar-refractivity contribution in [1.82, 2.24) is 9.97 Å². The third-order valence-corrected chi connectivity index (χ3v) is 5.01. The lowest BCUT2D eigenvalue weighted by Gasteiger charge is -2.20. The predicted molar refractivity (Wildman–Crippen MR) is 106 cm³/mol. The van der Waals surface area contributed by atoms with E-state index in [2.05, 4.69) is 60.3 Å². The van der Waals surface area contributed by atoms with Crippen LogP contribution in [0.5, 0.6) is 0 Å². The summed E-state index contributed by atoms with van der Waals surface area (Å²) in [5.41, 5.74) is 3.15. The summed E-state index contributed by atoms with van der Waals surface area (Å²) in [6.07, 6.45) is 1.04. The van der Waals surface area contributed by atoms with E-state index in [1.54, 1.807) is 18.2 Å². The molecule has 3 rings (SSSR count). The zero-order chi connectivity index (χ0) is 18.7. The van der Waals surface area contributed by atoms with Crippen LogP contribution < -0.4 is 10.9 Å². The van der Waals surface area contributed by atoms with Crippen molar-refractivity contribution in [3.8, 4) is 0 Å². The summed E-state index contributed by atoms with van der Waals surface area (Å²) in [4.78, 5) is 19.7. The standard InChI is InChI=1S/C21H24ClN3O/c1-4-14-5-7-15(8-6-14)20(13(2)3)23-12-19-24-18-11-16(22)9-10-17(18)21(26)25-19/h5-11,13,20,23H,4,12H2,1-3H3,(H,24,25,26)/p+1/t20-/m1/s1. The number of aryl methyl sites for hydroxylation is 1. The molecule has 0 saturated heterocycles. The molecule has 0 saturated carbocycles. The van der Waals surface area contributed by atoms with Gasteiger partial charge in [-0.3, -0.25) is 4.79 Å². The average molecular weight is 371 g/mol. The monoisotopic (exact) mass is 370 g/mol. The van der Waals surface area contributed by atoms with E-state index >= 15 is 0 Å². The van der Waals surface area contributed by atoms with Gasteiger partial charge in [0.15, 0.2) is 5.82 Å². The van der Waals surface area contributed by atoms with Crippen LogP contribution in [0.1, 0.15) is 43.8 Å². The smallest absolute Gasteiger partial charge is 0.258 e. The molecule has 0 unspecified atom stereocenters. The number of aromatic amines is 1. The highest BCUT2D eigenvalue weighted by Gasteiger charge is 2.19. The van der Waals surface area contributed by atoms with E-state index in [1.165, 1.54) is 11.1 Å². The minimum atomic E-state index is -0.122. The second kappa shape index (κ2) is 8.02. The summed E-state index contributed by atoms with van der Waals surface area (Å²) in [6, 6.07) is 14.3. The third-order valence-electron chi connectivity index (χ3n) is 4.77. The van der Waals surface area contributed by atoms with Crippen molar-refractivity contribution in [2.24, 2.45) is 5.92 Å². The molecule has 3 N–H and O–H groups in total. The summed E-state index contributed by atoms with van der Waals surface area (Å²) in [5.74, 6) is 1.13. The Balaban J connectivity index is 1.82. The van der Waals surface area contributed by atoms with E-state index in [9.17, 15) is 4.79 Å². The number of nitrogens with zero attached hydrogens (tertiary/aromatic N) is 1. The molecule has 0 radical (unpaired) electrons. The van der Waals surface area contributed by atoms with E-state index in [4.69, 9.17) is 11.6 Å². The maximum atomic E-state index is 12.3. The molecule has 0 fully saturated rings. The van der Waals surface area contributed by atoms with E-state index in [-0.39, 0.29) is 5.56 Å². The highest BCUT2D eigenvalue weighted by molar-refractivity contribution is 6.31. The molecule has 1 atom stereocenters. The molecule has 0 spiro atoms. The van der Waals surface area contributed by atoms with Crippen LogP contribution in [-0.2, 0) is 13.0 Å². The zero-order valence-corrected chi connectivity index (χ0v) is 16.2. The number of aromatic nitrogens is 2. The van der Waals surface area contributed by atoms with Gasteiger partial charge in [0.2, 0.25) is 0 Å². The van der Waals surface area contributed by atoms with Gasteiger partial charge in [0, 0.05) is 16.5 Å². The predicted octanol–water partition coefficient (Wildman–Crippen LogP) is 3.60. The second-order valence-corrected chi connectivity index (χ2v) is 7.42. The highest BCUT2D eigenvalue weighted by Crippen LogP contribution is 2.19. The Labute approximate surface area is 158 Å². The maximum absolute atomic E-state index is 12.3. The number of hydrogen-bond acceptors (Lipinski definition) is 2. The van der Waals surface area contributed by atoms with E-state index < -0.39 is 0 Å². The second-order valence-electron chi connectivity index (χ2n) is 6.98. The number of benzene rings is 2. The first-order valence-corrected chi connectivity index (χ1v) is 9.46. The molecular weight excluding hydrogens is 346 g/mol. The van der Waals surface area contributed by atoms with E-state index in [1.807, 2.05) is 0 Å². The summed E-state index contributed by atoms with van der Waals surface area (Å²) >= 11 is 6.04. The number of H-pyrrole nitrogens is 1. The lowest BCUT2D eigenvalue weighted by molar-refractivity contribution is -0.718. The van der Waals surface area contributed by atoms with Gasteiger partial charge in [-0.25, -0.2) is 4.98 Å². The fraction of sp³-hybridized carbons (Fsp3) is 0.333. The number of hydrogen-bond donors (Lipinski definition) is 2. The highest BCUT2D eigenvalue weighted by atomic mass is 35.5. The van der Waals surface area contributed by atoms with Crippen LogP contribution in [0, 0.1) is 5.92 Å². The molecule has 0 aliphatic heterocycles. The SMILES string of the molecule is CCc1ccc([C@H]([NH2+]Cc2nc3cc(Cl)ccc3c(=O)[nH]2)C(C)C)cc1. The molecule has 0 aliphatic rings. The lowest BCUT2D eigenvalue weighted by atomic mass is 9.95. The molecule has 26 heavy (non-hydrogen) atoms. The Kier molecular flexibility index (Phi) is 5.74. The number of nitrogens with one attached hydrogen (secondary N) is 1. The Morgan fingerprint density at radius 3 is 2.54 bits per heavy atom. The van der Waals surface area contributed by atoms with Gasteiger partial charge in [-0.15, -0.1) is 0 Å². The molecule has 0 amide bonds. The zero-order valence-electron chi connectivity index (χ0n) is 15.4. The summed E-state index contributed by atoms with van der Waals surface area (Å²) in [6.45, 7) is 7.20. The van der Waals surface area contributed by atoms with Crippen LogP contribution in [0.25, 0.3) is 10.9 Å². The van der Waals surface area contributed by atoms with Gasteiger partial charge >= 0.3 is 0 Å². The van der Waals surface area contributed by atoms with Crippen molar-refractivity contribution < 1.29 is 5.32 Å². The van der Waals surface area contributed by atoms with Crippen LogP contribution in [-0.4, -0.2) is 9.97 Å². The van der Waals surface area contributed by atoms with Crippen molar-refractivity contribution in [3.63, 3.8) is 0 Å². The van der Waals surface area contributed by atoms with Gasteiger partial charge < -0.3 is 10.3 Å². The maximum Gasteiger partial charge on any atom is 0.258 e. The van der Waals surface area contributed by atoms with Gasteiger partial charge in [-0.05, 0) is 30.2 Å². The Morgan fingerprint density at radius 1 is 1.15 bits per heavy atom. The quantitative estimate of drug-likeness (QED) is 0.696. The van der Waals surface area contributed by atoms with E-state index in [0.717, 1.165) is 6.42 Å². The number of fused-ring (bicyclic) bond motifs is 1. The van der Waals surface area contributed by atoms with Gasteiger partial charge in [-0.1, -0.05) is 56.6 Å². The lowest BCUT2D eigenvalue weighted by Crippen LogP contribution is -2.85. The summed E-state index contributed by atoms with van der Waals surface area (Å²) in [5, 5.41) is 3.38. The van der Waals surface area contributed by atoms with Crippen LogP contribution in [0.2, 0.25) is 5.02 Å². The first-order valence-electron chi connectivity index (χ1n) is 9.08. The Morgan fingerprint density at radius 2 is 1.88 bits per heavy atom. The van der Waals surface area contributed by atoms with Crippen LogP contribution in [0.4, 0.5) is 0 Å². The molecule has 2 aromatic carbocycles. The first-order chi connectivity index (χ1) is 12.5. The molecule has 1 heterocycles. The molecular formula is C21H25ClN3O+. The van der Waals surface area contributed by atoms with Crippen molar-refractivity contribution in [3.05, 3.63) is 74.8 Å². The fourth-order valence-corrected chi connectivity index (χ4v) is 3.43. The van der Waals surface area contributed by atoms with Crippen LogP contribution in [0.15, 0.2) is 47.3 Å². The Bertz CT molecular complexity index is 948. The first kappa shape index (κ1) is 18.6. The number of nitrogens with two attached hydrogens (primary N) is 1. The molecule has 0 bridgehead atoms. The fourth-order valence-electron chi connectivity index (χ4n) is 3.27. The molecule has 3 aromatic rings. The molecule has 0 aliphatic carbocycles. The topological polar surface area (TPSA) is 62.4 Å². The largest absolute Gasteiger partial charge is 0.334 e. The Hall–Kier alpha value is -2.17. The van der Waals surface area contributed by atoms with Gasteiger partial charge in [0.05, 0.1) is 10.9 Å². The van der Waals surface area contributed by atoms with E-state index in [0.29, 0.717) is 40.3 Å². The minimum Gasteiger partial charge on any atom is -0.334 e. The van der Waals surface area contributed by atoms with Crippen molar-refractivity contribution in [2.75, 3.05) is 0 Å². The normalized spacial score (nSPS) is 12.7. The number of halogens is 1. The van der Waals surface area contributed by atoms with Crippen molar-refractivity contribution >= 4 is 22.5 Å². The van der Waals surface area contributed by atoms with Gasteiger partial charge in [0.1, 0.15) is 12.6 Å². The van der Waals surface area contributed by atoms with Crippen LogP contribution in [0.3, 0.4) is 0 Å². The van der Waals surface area contributed by atoms with Crippen LogP contribution >= 0.6 is 11.6 Å².